The molecule has 0 spiro atoms. The third-order valence-corrected chi connectivity index (χ3v) is 3.57. The Morgan fingerprint density at radius 2 is 1.95 bits per heavy atom. The summed E-state index contributed by atoms with van der Waals surface area (Å²) in [5.41, 5.74) is 2.63. The lowest BCUT2D eigenvalue weighted by atomic mass is 10.1. The number of carbonyl (C=O) groups excluding carboxylic acids is 1. The van der Waals surface area contributed by atoms with E-state index in [-0.39, 0.29) is 11.9 Å². The summed E-state index contributed by atoms with van der Waals surface area (Å²) in [7, 11) is 0. The minimum atomic E-state index is -0.100. The molecule has 1 N–H and O–H groups in total. The van der Waals surface area contributed by atoms with Gasteiger partial charge in [0.2, 0.25) is 0 Å². The van der Waals surface area contributed by atoms with Crippen molar-refractivity contribution in [3.63, 3.8) is 0 Å². The number of furan rings is 1. The molecule has 0 aliphatic heterocycles. The largest absolute Gasteiger partial charge is 0.466 e. The lowest BCUT2D eigenvalue weighted by molar-refractivity contribution is 0.0939. The SMILES string of the molecule is Cc1cc(C(C)NC(=O)c2ccc(CCl)cc2)c(C)o1. The predicted octanol–water partition coefficient (Wildman–Crippen LogP) is 4.13. The molecule has 1 aromatic heterocycles. The van der Waals surface area contributed by atoms with E-state index >= 15 is 0 Å². The Morgan fingerprint density at radius 1 is 1.30 bits per heavy atom. The van der Waals surface area contributed by atoms with Crippen molar-refractivity contribution in [2.24, 2.45) is 0 Å². The average Bonchev–Trinajstić information content (AvgIpc) is 2.78. The molecule has 106 valence electrons. The van der Waals surface area contributed by atoms with Crippen LogP contribution in [0.4, 0.5) is 0 Å². The minimum Gasteiger partial charge on any atom is -0.466 e. The van der Waals surface area contributed by atoms with Crippen molar-refractivity contribution in [3.8, 4) is 0 Å². The average molecular weight is 292 g/mol. The number of alkyl halides is 1. The van der Waals surface area contributed by atoms with Crippen LogP contribution in [0, 0.1) is 13.8 Å². The summed E-state index contributed by atoms with van der Waals surface area (Å²) in [4.78, 5) is 12.2. The summed E-state index contributed by atoms with van der Waals surface area (Å²) in [6.07, 6.45) is 0. The van der Waals surface area contributed by atoms with Crippen molar-refractivity contribution >= 4 is 17.5 Å². The number of carbonyl (C=O) groups is 1. The third kappa shape index (κ3) is 3.23. The van der Waals surface area contributed by atoms with E-state index in [1.807, 2.05) is 39.0 Å². The monoisotopic (exact) mass is 291 g/mol. The second-order valence-corrected chi connectivity index (χ2v) is 5.16. The fraction of sp³-hybridized carbons (Fsp3) is 0.312. The van der Waals surface area contributed by atoms with Gasteiger partial charge in [0.1, 0.15) is 11.5 Å². The molecule has 1 unspecified atom stereocenters. The van der Waals surface area contributed by atoms with Crippen molar-refractivity contribution < 1.29 is 9.21 Å². The second kappa shape index (κ2) is 6.14. The van der Waals surface area contributed by atoms with Gasteiger partial charge >= 0.3 is 0 Å². The van der Waals surface area contributed by atoms with Gasteiger partial charge in [-0.1, -0.05) is 12.1 Å². The molecule has 2 aromatic rings. The number of hydrogen-bond acceptors (Lipinski definition) is 2. The maximum Gasteiger partial charge on any atom is 0.251 e. The quantitative estimate of drug-likeness (QED) is 0.861. The van der Waals surface area contributed by atoms with Crippen molar-refractivity contribution in [1.29, 1.82) is 0 Å². The van der Waals surface area contributed by atoms with Crippen LogP contribution in [0.3, 0.4) is 0 Å². The molecule has 1 heterocycles. The summed E-state index contributed by atoms with van der Waals surface area (Å²) in [5, 5.41) is 2.97. The number of amides is 1. The molecule has 0 aliphatic rings. The van der Waals surface area contributed by atoms with Crippen molar-refractivity contribution in [1.82, 2.24) is 5.32 Å². The molecule has 20 heavy (non-hydrogen) atoms. The number of aryl methyl sites for hydroxylation is 2. The summed E-state index contributed by atoms with van der Waals surface area (Å²) < 4.78 is 5.49. The summed E-state index contributed by atoms with van der Waals surface area (Å²) in [6, 6.07) is 9.16. The Labute approximate surface area is 123 Å². The van der Waals surface area contributed by atoms with Crippen LogP contribution in [0.25, 0.3) is 0 Å². The van der Waals surface area contributed by atoms with E-state index in [1.54, 1.807) is 12.1 Å². The van der Waals surface area contributed by atoms with Crippen LogP contribution >= 0.6 is 11.6 Å². The smallest absolute Gasteiger partial charge is 0.251 e. The first kappa shape index (κ1) is 14.7. The third-order valence-electron chi connectivity index (χ3n) is 3.26. The molecule has 1 aromatic carbocycles. The van der Waals surface area contributed by atoms with E-state index in [0.29, 0.717) is 11.4 Å². The van der Waals surface area contributed by atoms with Gasteiger partial charge in [0, 0.05) is 17.0 Å². The van der Waals surface area contributed by atoms with E-state index in [2.05, 4.69) is 5.32 Å². The van der Waals surface area contributed by atoms with Crippen LogP contribution in [-0.4, -0.2) is 5.91 Å². The molecule has 0 fully saturated rings. The first-order valence-corrected chi connectivity index (χ1v) is 7.07. The zero-order chi connectivity index (χ0) is 14.7. The molecular weight excluding hydrogens is 274 g/mol. The summed E-state index contributed by atoms with van der Waals surface area (Å²) in [5.74, 6) is 2.04. The highest BCUT2D eigenvalue weighted by Crippen LogP contribution is 2.21. The maximum atomic E-state index is 12.2. The van der Waals surface area contributed by atoms with Gasteiger partial charge in [0.15, 0.2) is 0 Å². The van der Waals surface area contributed by atoms with Crippen molar-refractivity contribution in [3.05, 3.63) is 58.5 Å². The van der Waals surface area contributed by atoms with Gasteiger partial charge in [0.05, 0.1) is 6.04 Å². The normalized spacial score (nSPS) is 12.2. The molecule has 0 saturated carbocycles. The number of benzene rings is 1. The summed E-state index contributed by atoms with van der Waals surface area (Å²) in [6.45, 7) is 5.75. The lowest BCUT2D eigenvalue weighted by Crippen LogP contribution is -2.26. The van der Waals surface area contributed by atoms with Crippen LogP contribution in [-0.2, 0) is 5.88 Å². The number of rotatable bonds is 4. The second-order valence-electron chi connectivity index (χ2n) is 4.89. The van der Waals surface area contributed by atoms with Gasteiger partial charge in [-0.3, -0.25) is 4.79 Å². The minimum absolute atomic E-state index is 0.0901. The molecule has 1 amide bonds. The van der Waals surface area contributed by atoms with Gasteiger partial charge in [-0.2, -0.15) is 0 Å². The van der Waals surface area contributed by atoms with E-state index < -0.39 is 0 Å². The Morgan fingerprint density at radius 3 is 2.45 bits per heavy atom. The van der Waals surface area contributed by atoms with Crippen LogP contribution in [0.2, 0.25) is 0 Å². The molecule has 1 atom stereocenters. The van der Waals surface area contributed by atoms with Gasteiger partial charge in [0.25, 0.3) is 5.91 Å². The first-order chi connectivity index (χ1) is 9.51. The molecule has 3 nitrogen and oxygen atoms in total. The van der Waals surface area contributed by atoms with Crippen LogP contribution < -0.4 is 5.32 Å². The Balaban J connectivity index is 2.08. The van der Waals surface area contributed by atoms with Crippen LogP contribution in [0.15, 0.2) is 34.7 Å². The standard InChI is InChI=1S/C16H18ClNO2/c1-10-8-15(12(3)20-10)11(2)18-16(19)14-6-4-13(9-17)5-7-14/h4-8,11H,9H2,1-3H3,(H,18,19). The van der Waals surface area contributed by atoms with Gasteiger partial charge in [-0.15, -0.1) is 11.6 Å². The highest BCUT2D eigenvalue weighted by atomic mass is 35.5. The number of nitrogens with one attached hydrogen (secondary N) is 1. The highest BCUT2D eigenvalue weighted by Gasteiger charge is 2.15. The molecule has 0 aliphatic carbocycles. The van der Waals surface area contributed by atoms with E-state index in [9.17, 15) is 4.79 Å². The van der Waals surface area contributed by atoms with Crippen molar-refractivity contribution in [2.75, 3.05) is 0 Å². The Hall–Kier alpha value is -1.74. The predicted molar refractivity (Wildman–Crippen MR) is 80.1 cm³/mol. The molecule has 0 radical (unpaired) electrons. The zero-order valence-electron chi connectivity index (χ0n) is 11.9. The molecule has 4 heteroatoms. The Kier molecular flexibility index (Phi) is 4.50. The lowest BCUT2D eigenvalue weighted by Gasteiger charge is -2.13. The summed E-state index contributed by atoms with van der Waals surface area (Å²) >= 11 is 5.73. The Bertz CT molecular complexity index is 601. The maximum absolute atomic E-state index is 12.2. The fourth-order valence-electron chi connectivity index (χ4n) is 2.18. The van der Waals surface area contributed by atoms with Crippen LogP contribution in [0.5, 0.6) is 0 Å². The van der Waals surface area contributed by atoms with Crippen molar-refractivity contribution in [2.45, 2.75) is 32.7 Å². The molecule has 0 saturated heterocycles. The number of halogens is 1. The van der Waals surface area contributed by atoms with Gasteiger partial charge in [-0.05, 0) is 44.5 Å². The fourth-order valence-corrected chi connectivity index (χ4v) is 2.36. The first-order valence-electron chi connectivity index (χ1n) is 6.54. The number of hydrogen-bond donors (Lipinski definition) is 1. The molecular formula is C16H18ClNO2. The topological polar surface area (TPSA) is 42.2 Å². The van der Waals surface area contributed by atoms with Gasteiger partial charge < -0.3 is 9.73 Å². The molecule has 2 rings (SSSR count). The van der Waals surface area contributed by atoms with Gasteiger partial charge in [-0.25, -0.2) is 0 Å². The van der Waals surface area contributed by atoms with Crippen LogP contribution in [0.1, 0.15) is 46.0 Å². The van der Waals surface area contributed by atoms with E-state index in [0.717, 1.165) is 22.6 Å². The zero-order valence-corrected chi connectivity index (χ0v) is 12.6. The highest BCUT2D eigenvalue weighted by molar-refractivity contribution is 6.17. The van der Waals surface area contributed by atoms with E-state index in [1.165, 1.54) is 0 Å². The molecule has 0 bridgehead atoms. The van der Waals surface area contributed by atoms with E-state index in [4.69, 9.17) is 16.0 Å².